The van der Waals surface area contributed by atoms with Crippen molar-refractivity contribution in [3.8, 4) is 28.6 Å². The fourth-order valence-electron chi connectivity index (χ4n) is 5.74. The van der Waals surface area contributed by atoms with Gasteiger partial charge in [0.25, 0.3) is 0 Å². The third-order valence-corrected chi connectivity index (χ3v) is 8.75. The first kappa shape index (κ1) is 35.6. The van der Waals surface area contributed by atoms with Crippen LogP contribution in [-0.4, -0.2) is 78.4 Å². The average Bonchev–Trinajstić information content (AvgIpc) is 3.45. The second kappa shape index (κ2) is 18.2. The van der Waals surface area contributed by atoms with Gasteiger partial charge in [0, 0.05) is 42.7 Å². The Bertz CT molecular complexity index is 1480. The van der Waals surface area contributed by atoms with E-state index < -0.39 is 0 Å². The number of ether oxygens (including phenoxy) is 3. The third kappa shape index (κ3) is 9.87. The van der Waals surface area contributed by atoms with Crippen molar-refractivity contribution in [3.63, 3.8) is 0 Å². The molecular formula is C38H53ClN4O3. The summed E-state index contributed by atoms with van der Waals surface area (Å²) in [5.74, 6) is 3.32. The summed E-state index contributed by atoms with van der Waals surface area (Å²) >= 11 is 6.06. The third-order valence-electron chi connectivity index (χ3n) is 8.50. The molecule has 0 N–H and O–H groups in total. The lowest BCUT2D eigenvalue weighted by Crippen LogP contribution is -2.25. The Labute approximate surface area is 281 Å². The molecule has 0 bridgehead atoms. The summed E-state index contributed by atoms with van der Waals surface area (Å²) in [5.41, 5.74) is 4.14. The second-order valence-corrected chi connectivity index (χ2v) is 12.3. The number of hydrogen-bond acceptors (Lipinski definition) is 6. The summed E-state index contributed by atoms with van der Waals surface area (Å²) in [6.07, 6.45) is 2.73. The number of rotatable bonds is 20. The van der Waals surface area contributed by atoms with Gasteiger partial charge in [-0.05, 0) is 94.8 Å². The Morgan fingerprint density at radius 1 is 0.717 bits per heavy atom. The fourth-order valence-corrected chi connectivity index (χ4v) is 5.86. The van der Waals surface area contributed by atoms with E-state index in [9.17, 15) is 0 Å². The molecule has 0 aliphatic carbocycles. The Morgan fingerprint density at radius 3 is 1.93 bits per heavy atom. The quantitative estimate of drug-likeness (QED) is 0.0893. The molecule has 46 heavy (non-hydrogen) atoms. The normalized spacial score (nSPS) is 11.7. The fraction of sp³-hybridized carbons (Fsp3) is 0.500. The summed E-state index contributed by atoms with van der Waals surface area (Å²) in [6.45, 7) is 21.3. The predicted octanol–water partition coefficient (Wildman–Crippen LogP) is 8.78. The van der Waals surface area contributed by atoms with Gasteiger partial charge in [0.2, 0.25) is 0 Å². The van der Waals surface area contributed by atoms with Crippen molar-refractivity contribution in [2.75, 3.05) is 59.1 Å². The lowest BCUT2D eigenvalue weighted by molar-refractivity contribution is 0.248. The summed E-state index contributed by atoms with van der Waals surface area (Å²) in [6, 6.07) is 20.4. The van der Waals surface area contributed by atoms with Crippen LogP contribution in [-0.2, 0) is 6.42 Å². The number of imidazole rings is 1. The van der Waals surface area contributed by atoms with Crippen molar-refractivity contribution < 1.29 is 14.2 Å². The van der Waals surface area contributed by atoms with Gasteiger partial charge in [-0.2, -0.15) is 0 Å². The van der Waals surface area contributed by atoms with Crippen LogP contribution >= 0.6 is 11.6 Å². The molecular weight excluding hydrogens is 596 g/mol. The Hall–Kier alpha value is -3.26. The molecule has 0 radical (unpaired) electrons. The zero-order valence-electron chi connectivity index (χ0n) is 28.7. The molecule has 1 aromatic heterocycles. The molecule has 0 amide bonds. The smallest absolute Gasteiger partial charge is 0.145 e. The lowest BCUT2D eigenvalue weighted by atomic mass is 10.1. The van der Waals surface area contributed by atoms with Crippen molar-refractivity contribution >= 4 is 22.6 Å². The van der Waals surface area contributed by atoms with Crippen LogP contribution in [0.5, 0.6) is 17.2 Å². The molecule has 4 aromatic rings. The van der Waals surface area contributed by atoms with Gasteiger partial charge in [-0.15, -0.1) is 0 Å². The topological polar surface area (TPSA) is 52.0 Å². The molecule has 0 saturated heterocycles. The van der Waals surface area contributed by atoms with Crippen LogP contribution in [0.4, 0.5) is 0 Å². The zero-order chi connectivity index (χ0) is 32.9. The average molecular weight is 649 g/mol. The monoisotopic (exact) mass is 648 g/mol. The molecule has 0 unspecified atom stereocenters. The van der Waals surface area contributed by atoms with Crippen LogP contribution < -0.4 is 14.2 Å². The summed E-state index contributed by atoms with van der Waals surface area (Å²) in [4.78, 5) is 9.97. The number of nitrogens with zero attached hydrogens (tertiary/aromatic N) is 4. The number of aromatic nitrogens is 2. The van der Waals surface area contributed by atoms with E-state index in [0.717, 1.165) is 103 Å². The highest BCUT2D eigenvalue weighted by atomic mass is 35.5. The van der Waals surface area contributed by atoms with Crippen LogP contribution in [0.3, 0.4) is 0 Å². The highest BCUT2D eigenvalue weighted by Crippen LogP contribution is 2.37. The first-order valence-corrected chi connectivity index (χ1v) is 17.5. The van der Waals surface area contributed by atoms with Crippen LogP contribution in [0, 0.1) is 0 Å². The molecule has 0 atom stereocenters. The largest absolute Gasteiger partial charge is 0.493 e. The molecule has 1 heterocycles. The predicted molar refractivity (Wildman–Crippen MR) is 192 cm³/mol. The SMILES string of the molecule is CCN(CC)CCCOc1ccc2nc(-c3ccc(OCCc4ccc(Cl)cc4)cc3OCCCN(CC)CC)n(C(C)C)c2c1. The van der Waals surface area contributed by atoms with Crippen molar-refractivity contribution in [1.29, 1.82) is 0 Å². The Balaban J connectivity index is 1.57. The molecule has 0 aliphatic rings. The van der Waals surface area contributed by atoms with Crippen molar-refractivity contribution in [2.24, 2.45) is 0 Å². The number of fused-ring (bicyclic) bond motifs is 1. The standard InChI is InChI=1S/C38H53ClN4O3/c1-7-41(8-2)22-11-24-44-32-18-20-35-36(27-32)43(29(5)6)38(40-35)34-19-17-33(45-26-21-30-13-15-31(39)16-14-30)28-37(34)46-25-12-23-42(9-3)10-4/h13-20,27-29H,7-12,21-26H2,1-6H3. The summed E-state index contributed by atoms with van der Waals surface area (Å²) in [5, 5.41) is 0.741. The van der Waals surface area contributed by atoms with Crippen LogP contribution in [0.25, 0.3) is 22.4 Å². The molecule has 3 aromatic carbocycles. The zero-order valence-corrected chi connectivity index (χ0v) is 29.5. The van der Waals surface area contributed by atoms with Gasteiger partial charge in [0.15, 0.2) is 0 Å². The number of halogens is 1. The van der Waals surface area contributed by atoms with Crippen molar-refractivity contribution in [2.45, 2.75) is 66.8 Å². The maximum absolute atomic E-state index is 6.50. The van der Waals surface area contributed by atoms with E-state index in [4.69, 9.17) is 30.8 Å². The van der Waals surface area contributed by atoms with Gasteiger partial charge in [-0.3, -0.25) is 0 Å². The van der Waals surface area contributed by atoms with Crippen molar-refractivity contribution in [3.05, 3.63) is 71.2 Å². The molecule has 8 heteroatoms. The van der Waals surface area contributed by atoms with E-state index in [2.05, 4.69) is 74.1 Å². The van der Waals surface area contributed by atoms with E-state index >= 15 is 0 Å². The number of hydrogen-bond donors (Lipinski definition) is 0. The van der Waals surface area contributed by atoms with Gasteiger partial charge >= 0.3 is 0 Å². The highest BCUT2D eigenvalue weighted by molar-refractivity contribution is 6.30. The molecule has 7 nitrogen and oxygen atoms in total. The van der Waals surface area contributed by atoms with Crippen LogP contribution in [0.15, 0.2) is 60.7 Å². The van der Waals surface area contributed by atoms with Gasteiger partial charge in [-0.25, -0.2) is 4.98 Å². The van der Waals surface area contributed by atoms with Gasteiger partial charge in [0.05, 0.1) is 36.4 Å². The summed E-state index contributed by atoms with van der Waals surface area (Å²) in [7, 11) is 0. The minimum absolute atomic E-state index is 0.184. The van der Waals surface area contributed by atoms with Gasteiger partial charge in [0.1, 0.15) is 23.1 Å². The molecule has 0 spiro atoms. The maximum atomic E-state index is 6.50. The number of benzene rings is 3. The van der Waals surface area contributed by atoms with E-state index in [1.165, 1.54) is 5.56 Å². The molecule has 0 aliphatic heterocycles. The van der Waals surface area contributed by atoms with Crippen LogP contribution in [0.2, 0.25) is 5.02 Å². The van der Waals surface area contributed by atoms with Crippen molar-refractivity contribution in [1.82, 2.24) is 19.4 Å². The first-order chi connectivity index (χ1) is 22.4. The lowest BCUT2D eigenvalue weighted by Gasteiger charge is -2.19. The van der Waals surface area contributed by atoms with Crippen LogP contribution in [0.1, 0.15) is 66.0 Å². The minimum atomic E-state index is 0.184. The molecule has 250 valence electrons. The minimum Gasteiger partial charge on any atom is -0.493 e. The highest BCUT2D eigenvalue weighted by Gasteiger charge is 2.20. The van der Waals surface area contributed by atoms with E-state index in [-0.39, 0.29) is 6.04 Å². The Kier molecular flexibility index (Phi) is 14.1. The first-order valence-electron chi connectivity index (χ1n) is 17.1. The van der Waals surface area contributed by atoms with E-state index in [0.29, 0.717) is 19.8 Å². The molecule has 0 saturated carbocycles. The van der Waals surface area contributed by atoms with E-state index in [1.807, 2.05) is 42.5 Å². The molecule has 4 rings (SSSR count). The van der Waals surface area contributed by atoms with Gasteiger partial charge < -0.3 is 28.6 Å². The van der Waals surface area contributed by atoms with Gasteiger partial charge in [-0.1, -0.05) is 51.4 Å². The maximum Gasteiger partial charge on any atom is 0.145 e. The molecule has 0 fully saturated rings. The summed E-state index contributed by atoms with van der Waals surface area (Å²) < 4.78 is 21.2. The second-order valence-electron chi connectivity index (χ2n) is 11.9. The Morgan fingerprint density at radius 2 is 1.30 bits per heavy atom. The van der Waals surface area contributed by atoms with E-state index in [1.54, 1.807) is 0 Å².